The predicted octanol–water partition coefficient (Wildman–Crippen LogP) is 3.86. The average molecular weight is 278 g/mol. The minimum Gasteiger partial charge on any atom is -0.463 e. The van der Waals surface area contributed by atoms with Gasteiger partial charge in [-0.05, 0) is 37.5 Å². The standard InChI is InChI=1S/C16H22O2S/c1-3-18-16(17)14(2)13-19-12-8-7-11-15-9-5-4-6-10-15/h4-6,9-10H,2-3,7-8,11-13H2,1H3. The largest absolute Gasteiger partial charge is 0.463 e. The molecule has 0 amide bonds. The van der Waals surface area contributed by atoms with E-state index >= 15 is 0 Å². The summed E-state index contributed by atoms with van der Waals surface area (Å²) in [5.74, 6) is 1.47. The van der Waals surface area contributed by atoms with Crippen molar-refractivity contribution in [1.82, 2.24) is 0 Å². The summed E-state index contributed by atoms with van der Waals surface area (Å²) in [4.78, 5) is 11.3. The Morgan fingerprint density at radius 2 is 2.00 bits per heavy atom. The van der Waals surface area contributed by atoms with Gasteiger partial charge in [0.25, 0.3) is 0 Å². The van der Waals surface area contributed by atoms with Crippen LogP contribution in [0.2, 0.25) is 0 Å². The zero-order chi connectivity index (χ0) is 13.9. The van der Waals surface area contributed by atoms with Gasteiger partial charge in [0.2, 0.25) is 0 Å². The number of ether oxygens (including phenoxy) is 1. The van der Waals surface area contributed by atoms with Crippen LogP contribution in [0.4, 0.5) is 0 Å². The quantitative estimate of drug-likeness (QED) is 0.390. The second-order valence-electron chi connectivity index (χ2n) is 4.32. The number of hydrogen-bond acceptors (Lipinski definition) is 3. The molecule has 0 atom stereocenters. The van der Waals surface area contributed by atoms with E-state index in [4.69, 9.17) is 4.74 Å². The van der Waals surface area contributed by atoms with Gasteiger partial charge in [-0.25, -0.2) is 4.79 Å². The Balaban J connectivity index is 2.02. The summed E-state index contributed by atoms with van der Waals surface area (Å²) in [7, 11) is 0. The lowest BCUT2D eigenvalue weighted by Gasteiger charge is -2.05. The first-order chi connectivity index (χ1) is 9.24. The predicted molar refractivity (Wildman–Crippen MR) is 82.5 cm³/mol. The second-order valence-corrected chi connectivity index (χ2v) is 5.42. The minimum absolute atomic E-state index is 0.265. The number of benzene rings is 1. The molecule has 0 aliphatic heterocycles. The first-order valence-electron chi connectivity index (χ1n) is 6.70. The number of aryl methyl sites for hydroxylation is 1. The molecule has 0 radical (unpaired) electrons. The van der Waals surface area contributed by atoms with Crippen LogP contribution in [0, 0.1) is 0 Å². The summed E-state index contributed by atoms with van der Waals surface area (Å²) >= 11 is 1.75. The van der Waals surface area contributed by atoms with Gasteiger partial charge in [0.05, 0.1) is 6.61 Å². The lowest BCUT2D eigenvalue weighted by Crippen LogP contribution is -2.08. The number of hydrogen-bond donors (Lipinski definition) is 0. The highest BCUT2D eigenvalue weighted by molar-refractivity contribution is 7.99. The van der Waals surface area contributed by atoms with Crippen LogP contribution >= 0.6 is 11.8 Å². The third-order valence-corrected chi connectivity index (χ3v) is 3.82. The molecule has 0 aromatic heterocycles. The number of thioether (sulfide) groups is 1. The van der Waals surface area contributed by atoms with E-state index in [0.29, 0.717) is 17.9 Å². The zero-order valence-electron chi connectivity index (χ0n) is 11.6. The van der Waals surface area contributed by atoms with Crippen molar-refractivity contribution in [2.45, 2.75) is 26.2 Å². The van der Waals surface area contributed by atoms with Crippen molar-refractivity contribution >= 4 is 17.7 Å². The molecule has 0 saturated carbocycles. The molecule has 2 nitrogen and oxygen atoms in total. The Bertz CT molecular complexity index is 387. The van der Waals surface area contributed by atoms with Gasteiger partial charge in [-0.15, -0.1) is 0 Å². The summed E-state index contributed by atoms with van der Waals surface area (Å²) in [5, 5.41) is 0. The third-order valence-electron chi connectivity index (χ3n) is 2.69. The Morgan fingerprint density at radius 3 is 2.68 bits per heavy atom. The van der Waals surface area contributed by atoms with Crippen molar-refractivity contribution in [3.8, 4) is 0 Å². The lowest BCUT2D eigenvalue weighted by molar-refractivity contribution is -0.138. The Morgan fingerprint density at radius 1 is 1.26 bits per heavy atom. The number of esters is 1. The van der Waals surface area contributed by atoms with Crippen LogP contribution in [0.15, 0.2) is 42.5 Å². The molecule has 3 heteroatoms. The Kier molecular flexibility index (Phi) is 8.07. The number of carbonyl (C=O) groups is 1. The molecule has 1 rings (SSSR count). The van der Waals surface area contributed by atoms with E-state index in [1.54, 1.807) is 11.8 Å². The van der Waals surface area contributed by atoms with Gasteiger partial charge in [0, 0.05) is 11.3 Å². The highest BCUT2D eigenvalue weighted by Gasteiger charge is 2.06. The number of carbonyl (C=O) groups excluding carboxylic acids is 1. The molecule has 0 heterocycles. The molecule has 0 saturated heterocycles. The topological polar surface area (TPSA) is 26.3 Å². The molecule has 0 unspecified atom stereocenters. The number of unbranched alkanes of at least 4 members (excludes halogenated alkanes) is 1. The molecule has 0 bridgehead atoms. The van der Waals surface area contributed by atoms with E-state index in [1.807, 2.05) is 13.0 Å². The Hall–Kier alpha value is -1.22. The van der Waals surface area contributed by atoms with Crippen LogP contribution in [-0.4, -0.2) is 24.1 Å². The van der Waals surface area contributed by atoms with E-state index < -0.39 is 0 Å². The third kappa shape index (κ3) is 7.06. The summed E-state index contributed by atoms with van der Waals surface area (Å²) in [6.45, 7) is 5.97. The van der Waals surface area contributed by atoms with E-state index in [-0.39, 0.29) is 5.97 Å². The normalized spacial score (nSPS) is 10.2. The lowest BCUT2D eigenvalue weighted by atomic mass is 10.1. The van der Waals surface area contributed by atoms with Crippen LogP contribution < -0.4 is 0 Å². The van der Waals surface area contributed by atoms with Gasteiger partial charge in [-0.1, -0.05) is 36.9 Å². The fraction of sp³-hybridized carbons (Fsp3) is 0.438. The maximum atomic E-state index is 11.3. The molecule has 1 aromatic carbocycles. The summed E-state index contributed by atoms with van der Waals surface area (Å²) < 4.78 is 4.89. The molecular formula is C16H22O2S. The zero-order valence-corrected chi connectivity index (χ0v) is 12.4. The maximum absolute atomic E-state index is 11.3. The van der Waals surface area contributed by atoms with E-state index in [2.05, 4.69) is 30.8 Å². The van der Waals surface area contributed by atoms with Crippen LogP contribution in [0.1, 0.15) is 25.3 Å². The van der Waals surface area contributed by atoms with Crippen LogP contribution in [0.25, 0.3) is 0 Å². The SMILES string of the molecule is C=C(CSCCCCc1ccccc1)C(=O)OCC. The van der Waals surface area contributed by atoms with Crippen molar-refractivity contribution in [2.75, 3.05) is 18.1 Å². The van der Waals surface area contributed by atoms with Gasteiger partial charge >= 0.3 is 5.97 Å². The highest BCUT2D eigenvalue weighted by atomic mass is 32.2. The smallest absolute Gasteiger partial charge is 0.334 e. The molecule has 0 spiro atoms. The second kappa shape index (κ2) is 9.68. The van der Waals surface area contributed by atoms with Crippen molar-refractivity contribution < 1.29 is 9.53 Å². The van der Waals surface area contributed by atoms with Gasteiger partial charge < -0.3 is 4.74 Å². The molecule has 0 aliphatic carbocycles. The molecule has 104 valence electrons. The van der Waals surface area contributed by atoms with Crippen molar-refractivity contribution in [1.29, 1.82) is 0 Å². The van der Waals surface area contributed by atoms with Crippen LogP contribution in [0.3, 0.4) is 0 Å². The van der Waals surface area contributed by atoms with Crippen molar-refractivity contribution in [3.05, 3.63) is 48.0 Å². The maximum Gasteiger partial charge on any atom is 0.334 e. The summed E-state index contributed by atoms with van der Waals surface area (Å²) in [5.41, 5.74) is 1.96. The fourth-order valence-electron chi connectivity index (χ4n) is 1.67. The molecule has 0 aliphatic rings. The number of rotatable bonds is 9. The first kappa shape index (κ1) is 15.8. The monoisotopic (exact) mass is 278 g/mol. The molecular weight excluding hydrogens is 256 g/mol. The molecule has 0 N–H and O–H groups in total. The minimum atomic E-state index is -0.265. The van der Waals surface area contributed by atoms with Gasteiger partial charge in [-0.2, -0.15) is 11.8 Å². The Labute approximate surface area is 120 Å². The molecule has 1 aromatic rings. The van der Waals surface area contributed by atoms with Crippen molar-refractivity contribution in [2.24, 2.45) is 0 Å². The van der Waals surface area contributed by atoms with E-state index in [1.165, 1.54) is 12.0 Å². The van der Waals surface area contributed by atoms with Crippen LogP contribution in [0.5, 0.6) is 0 Å². The molecule has 0 fully saturated rings. The molecule has 19 heavy (non-hydrogen) atoms. The van der Waals surface area contributed by atoms with Gasteiger partial charge in [-0.3, -0.25) is 0 Å². The summed E-state index contributed by atoms with van der Waals surface area (Å²) in [6.07, 6.45) is 3.47. The van der Waals surface area contributed by atoms with Crippen molar-refractivity contribution in [3.63, 3.8) is 0 Å². The van der Waals surface area contributed by atoms with E-state index in [0.717, 1.165) is 18.6 Å². The summed E-state index contributed by atoms with van der Waals surface area (Å²) in [6, 6.07) is 10.5. The van der Waals surface area contributed by atoms with Crippen LogP contribution in [-0.2, 0) is 16.0 Å². The van der Waals surface area contributed by atoms with Gasteiger partial charge in [0.15, 0.2) is 0 Å². The fourth-order valence-corrected chi connectivity index (χ4v) is 2.58. The van der Waals surface area contributed by atoms with Gasteiger partial charge in [0.1, 0.15) is 0 Å². The highest BCUT2D eigenvalue weighted by Crippen LogP contribution is 2.12. The average Bonchev–Trinajstić information content (AvgIpc) is 2.43. The first-order valence-corrected chi connectivity index (χ1v) is 7.86. The van der Waals surface area contributed by atoms with E-state index in [9.17, 15) is 4.79 Å².